The summed E-state index contributed by atoms with van der Waals surface area (Å²) < 4.78 is 23.6. The van der Waals surface area contributed by atoms with Gasteiger partial charge in [-0.25, -0.2) is 0 Å². The van der Waals surface area contributed by atoms with Crippen LogP contribution in [-0.4, -0.2) is 68.5 Å². The fourth-order valence-electron chi connectivity index (χ4n) is 11.6. The number of nitrogens with one attached hydrogen (secondary N) is 1. The Morgan fingerprint density at radius 3 is 1.01 bits per heavy atom. The number of likely N-dealkylation sites (N-methyl/N-ethyl adjacent to an activating group) is 1. The lowest BCUT2D eigenvalue weighted by Gasteiger charge is -2.30. The second kappa shape index (κ2) is 69.3. The molecule has 3 atom stereocenters. The highest BCUT2D eigenvalue weighted by atomic mass is 31.2. The number of unbranched alkanes of at least 4 members (excludes halogenated alkanes) is 46. The van der Waals surface area contributed by atoms with Crippen LogP contribution in [0.5, 0.6) is 0 Å². The number of phosphoric acid groups is 1. The number of rotatable bonds is 71. The van der Waals surface area contributed by atoms with E-state index < -0.39 is 20.0 Å². The maximum atomic E-state index is 13.1. The average Bonchev–Trinajstić information content (AvgIpc) is 3.71. The molecule has 0 saturated heterocycles. The van der Waals surface area contributed by atoms with E-state index in [1.165, 1.54) is 270 Å². The highest BCUT2D eigenvalue weighted by Gasteiger charge is 2.24. The predicted octanol–water partition coefficient (Wildman–Crippen LogP) is 24.3. The van der Waals surface area contributed by atoms with E-state index >= 15 is 0 Å². The van der Waals surface area contributed by atoms with Crippen molar-refractivity contribution in [1.29, 1.82) is 0 Å². The van der Waals surface area contributed by atoms with Gasteiger partial charge in [-0.2, -0.15) is 0 Å². The van der Waals surface area contributed by atoms with Crippen molar-refractivity contribution in [3.8, 4) is 0 Å². The molecule has 0 bridgehead atoms. The summed E-state index contributed by atoms with van der Waals surface area (Å²) in [5, 5.41) is 14.1. The van der Waals surface area contributed by atoms with Crippen LogP contribution >= 0.6 is 7.82 Å². The number of amides is 1. The molecule has 2 N–H and O–H groups in total. The van der Waals surface area contributed by atoms with Crippen LogP contribution in [0.4, 0.5) is 0 Å². The van der Waals surface area contributed by atoms with E-state index in [-0.39, 0.29) is 19.1 Å². The van der Waals surface area contributed by atoms with Gasteiger partial charge in [-0.1, -0.05) is 376 Å². The van der Waals surface area contributed by atoms with Crippen LogP contribution in [-0.2, 0) is 18.4 Å². The molecule has 0 aromatic rings. The summed E-state index contributed by atoms with van der Waals surface area (Å²) in [6.45, 7) is 4.66. The van der Waals surface area contributed by atoms with Crippen molar-refractivity contribution in [3.05, 3.63) is 72.9 Å². The van der Waals surface area contributed by atoms with Crippen LogP contribution in [0.3, 0.4) is 0 Å². The lowest BCUT2D eigenvalue weighted by Crippen LogP contribution is -2.46. The third-order valence-electron chi connectivity index (χ3n) is 17.5. The van der Waals surface area contributed by atoms with Crippen molar-refractivity contribution in [1.82, 2.24) is 5.32 Å². The molecule has 0 rings (SSSR count). The average molecular weight is 1250 g/mol. The van der Waals surface area contributed by atoms with Gasteiger partial charge in [0.2, 0.25) is 5.91 Å². The third kappa shape index (κ3) is 71.4. The Kier molecular flexibility index (Phi) is 67.7. The van der Waals surface area contributed by atoms with Gasteiger partial charge in [0.1, 0.15) is 13.2 Å². The Hall–Kier alpha value is -2.06. The lowest BCUT2D eigenvalue weighted by molar-refractivity contribution is -0.870. The minimum absolute atomic E-state index is 0.0133. The molecule has 88 heavy (non-hydrogen) atoms. The van der Waals surface area contributed by atoms with E-state index in [0.29, 0.717) is 23.9 Å². The highest BCUT2D eigenvalue weighted by molar-refractivity contribution is 7.45. The summed E-state index contributed by atoms with van der Waals surface area (Å²) in [5.74, 6) is -0.158. The first-order valence-electron chi connectivity index (χ1n) is 38.3. The summed E-state index contributed by atoms with van der Waals surface area (Å²) >= 11 is 0. The Balaban J connectivity index is 3.92. The molecule has 0 aliphatic heterocycles. The van der Waals surface area contributed by atoms with Crippen molar-refractivity contribution >= 4 is 13.7 Å². The molecular weight excluding hydrogens is 1100 g/mol. The lowest BCUT2D eigenvalue weighted by atomic mass is 10.0. The number of allylic oxidation sites excluding steroid dienone is 12. The first-order valence-corrected chi connectivity index (χ1v) is 39.7. The summed E-state index contributed by atoms with van der Waals surface area (Å²) in [5.41, 5.74) is 0. The van der Waals surface area contributed by atoms with Crippen molar-refractivity contribution in [2.75, 3.05) is 40.9 Å². The van der Waals surface area contributed by atoms with Crippen LogP contribution in [0.2, 0.25) is 0 Å². The van der Waals surface area contributed by atoms with Crippen LogP contribution in [0.15, 0.2) is 72.9 Å². The number of nitrogens with zero attached hydrogens (tertiary/aromatic N) is 1. The normalized spacial score (nSPS) is 13.9. The molecule has 0 aromatic carbocycles. The molecule has 0 heterocycles. The first-order chi connectivity index (χ1) is 43.0. The van der Waals surface area contributed by atoms with Gasteiger partial charge in [0.15, 0.2) is 0 Å². The number of hydrogen-bond donors (Lipinski definition) is 2. The molecule has 0 radical (unpaired) electrons. The molecule has 8 nitrogen and oxygen atoms in total. The van der Waals surface area contributed by atoms with E-state index in [0.717, 1.165) is 77.0 Å². The van der Waals surface area contributed by atoms with Gasteiger partial charge in [-0.05, 0) is 64.2 Å². The van der Waals surface area contributed by atoms with E-state index in [1.54, 1.807) is 0 Å². The van der Waals surface area contributed by atoms with Gasteiger partial charge in [-0.15, -0.1) is 0 Å². The molecule has 9 heteroatoms. The SMILES string of the molecule is CC/C=C\C/C=C\C/C=C\C/C=C\C/C=C\C/C=C\CCCCCCCCCCCCCCCCCCCCCCCCC(=O)NC(COP(=O)([O-])OCC[N+](C)(C)C)C(O)CCCCCCCCCCCCCCCCCCCCCCCCCCC. The molecule has 0 spiro atoms. The van der Waals surface area contributed by atoms with Gasteiger partial charge in [0, 0.05) is 6.42 Å². The highest BCUT2D eigenvalue weighted by Crippen LogP contribution is 2.38. The molecule has 1 amide bonds. The summed E-state index contributed by atoms with van der Waals surface area (Å²) in [7, 11) is 1.32. The van der Waals surface area contributed by atoms with Crippen molar-refractivity contribution in [3.63, 3.8) is 0 Å². The predicted molar refractivity (Wildman–Crippen MR) is 385 cm³/mol. The van der Waals surface area contributed by atoms with Gasteiger partial charge in [-0.3, -0.25) is 9.36 Å². The fraction of sp³-hybridized carbons (Fsp3) is 0.835. The van der Waals surface area contributed by atoms with Gasteiger partial charge < -0.3 is 28.8 Å². The zero-order chi connectivity index (χ0) is 64.1. The smallest absolute Gasteiger partial charge is 0.268 e. The maximum absolute atomic E-state index is 13.1. The zero-order valence-electron chi connectivity index (χ0n) is 59.2. The first kappa shape index (κ1) is 85.9. The fourth-order valence-corrected chi connectivity index (χ4v) is 12.3. The molecule has 0 aliphatic carbocycles. The Morgan fingerprint density at radius 2 is 0.693 bits per heavy atom. The van der Waals surface area contributed by atoms with Crippen molar-refractivity contribution < 1.29 is 32.9 Å². The number of phosphoric ester groups is 1. The van der Waals surface area contributed by atoms with E-state index in [1.807, 2.05) is 21.1 Å². The summed E-state index contributed by atoms with van der Waals surface area (Å²) in [4.78, 5) is 25.7. The zero-order valence-corrected chi connectivity index (χ0v) is 60.1. The van der Waals surface area contributed by atoms with Gasteiger partial charge >= 0.3 is 0 Å². The van der Waals surface area contributed by atoms with Crippen molar-refractivity contribution in [2.45, 2.75) is 386 Å². The maximum Gasteiger partial charge on any atom is 0.268 e. The van der Waals surface area contributed by atoms with Crippen LogP contribution in [0.1, 0.15) is 373 Å². The Labute approximate surface area is 548 Å². The van der Waals surface area contributed by atoms with Crippen LogP contribution in [0.25, 0.3) is 0 Å². The quantitative estimate of drug-likeness (QED) is 0.0272. The van der Waals surface area contributed by atoms with Gasteiger partial charge in [0.05, 0.1) is 39.9 Å². The third-order valence-corrected chi connectivity index (χ3v) is 18.4. The molecular formula is C79H149N2O6P. The number of aliphatic hydroxyl groups excluding tert-OH is 1. The largest absolute Gasteiger partial charge is 0.756 e. The Bertz CT molecular complexity index is 1670. The monoisotopic (exact) mass is 1250 g/mol. The molecule has 0 fully saturated rings. The number of carbonyl (C=O) groups is 1. The second-order valence-corrected chi connectivity index (χ2v) is 28.7. The van der Waals surface area contributed by atoms with Crippen LogP contribution < -0.4 is 10.2 Å². The van der Waals surface area contributed by atoms with E-state index in [4.69, 9.17) is 9.05 Å². The number of quaternary nitrogens is 1. The minimum Gasteiger partial charge on any atom is -0.756 e. The molecule has 0 aliphatic rings. The number of aliphatic hydroxyl groups is 1. The second-order valence-electron chi connectivity index (χ2n) is 27.3. The summed E-state index contributed by atoms with van der Waals surface area (Å²) in [6, 6.07) is -0.802. The standard InChI is InChI=1S/C79H149N2O6P/c1-6-8-10-12-14-16-18-20-22-24-26-28-30-32-33-34-35-36-37-38-39-40-41-42-43-44-45-46-47-49-51-53-55-57-59-61-63-65-67-69-71-73-79(83)80-77(76-87-88(84,85)86-75-74-81(3,4)5)78(82)72-70-68-66-64-62-60-58-56-54-52-50-48-31-29-27-25-23-21-19-17-15-13-11-9-7-2/h8,10,14,16,20,22,26,28,32-33,35-36,77-78,82H,6-7,9,11-13,15,17-19,21,23-25,27,29-31,34,37-76H2,1-5H3,(H-,80,83,84,85)/b10-8-,16-14-,22-20-,28-26-,33-32-,36-35-. The molecule has 0 saturated carbocycles. The number of carbonyl (C=O) groups excluding carboxylic acids is 1. The number of hydrogen-bond acceptors (Lipinski definition) is 6. The summed E-state index contributed by atoms with van der Waals surface area (Å²) in [6.07, 6.45) is 97.2. The van der Waals surface area contributed by atoms with Crippen LogP contribution in [0, 0.1) is 0 Å². The van der Waals surface area contributed by atoms with E-state index in [2.05, 4.69) is 92.1 Å². The minimum atomic E-state index is -4.58. The molecule has 516 valence electrons. The Morgan fingerprint density at radius 1 is 0.409 bits per heavy atom. The van der Waals surface area contributed by atoms with Gasteiger partial charge in [0.25, 0.3) is 7.82 Å². The topological polar surface area (TPSA) is 108 Å². The molecule has 0 aromatic heterocycles. The molecule has 3 unspecified atom stereocenters. The van der Waals surface area contributed by atoms with E-state index in [9.17, 15) is 19.4 Å². The van der Waals surface area contributed by atoms with Crippen molar-refractivity contribution in [2.24, 2.45) is 0 Å².